The Labute approximate surface area is 126 Å². The molecule has 2 bridgehead atoms. The van der Waals surface area contributed by atoms with Crippen LogP contribution in [-0.2, 0) is 4.79 Å². The molecule has 5 heteroatoms. The average Bonchev–Trinajstić information content (AvgIpc) is 2.44. The number of Topliss-reactive ketones (excluding diaryl/α,β-unsaturated/α-hetero) is 1. The summed E-state index contributed by atoms with van der Waals surface area (Å²) in [6.45, 7) is 2.79. The second-order valence-corrected chi connectivity index (χ2v) is 6.95. The number of aliphatic hydroxyl groups excluding tert-OH is 1. The first-order valence-corrected chi connectivity index (χ1v) is 7.93. The molecule has 4 aliphatic heterocycles. The Balaban J connectivity index is 0.00000121. The fraction of sp³-hybridized carbons (Fsp3) is 0.933. The number of hydrogen-bond donors (Lipinski definition) is 1. The molecule has 114 valence electrons. The van der Waals surface area contributed by atoms with Crippen molar-refractivity contribution in [2.75, 3.05) is 19.6 Å². The number of halogens is 1. The van der Waals surface area contributed by atoms with E-state index < -0.39 is 0 Å². The molecule has 5 unspecified atom stereocenters. The molecule has 4 rings (SSSR count). The molecular formula is C15H25ClN2O2. The number of ketones is 1. The van der Waals surface area contributed by atoms with Gasteiger partial charge in [0.05, 0.1) is 6.54 Å². The minimum atomic E-state index is -0.262. The van der Waals surface area contributed by atoms with Gasteiger partial charge in [0.2, 0.25) is 0 Å². The van der Waals surface area contributed by atoms with Crippen LogP contribution < -0.4 is 0 Å². The van der Waals surface area contributed by atoms with Crippen molar-refractivity contribution in [2.24, 2.45) is 11.8 Å². The molecule has 0 spiro atoms. The summed E-state index contributed by atoms with van der Waals surface area (Å²) in [5, 5.41) is 10.7. The van der Waals surface area contributed by atoms with E-state index in [1.54, 1.807) is 0 Å². The predicted octanol–water partition coefficient (Wildman–Crippen LogP) is 1.26. The molecule has 20 heavy (non-hydrogen) atoms. The molecule has 5 atom stereocenters. The highest BCUT2D eigenvalue weighted by atomic mass is 35.5. The van der Waals surface area contributed by atoms with E-state index in [1.165, 1.54) is 25.7 Å². The van der Waals surface area contributed by atoms with E-state index in [-0.39, 0.29) is 18.6 Å². The van der Waals surface area contributed by atoms with E-state index in [4.69, 9.17) is 0 Å². The zero-order valence-electron chi connectivity index (χ0n) is 11.9. The van der Waals surface area contributed by atoms with Gasteiger partial charge in [-0.05, 0) is 31.6 Å². The van der Waals surface area contributed by atoms with Crippen molar-refractivity contribution < 1.29 is 9.90 Å². The largest absolute Gasteiger partial charge is 0.378 e. The number of aliphatic hydroxyl groups is 1. The third kappa shape index (κ3) is 2.21. The molecule has 1 N–H and O–H groups in total. The third-order valence-corrected chi connectivity index (χ3v) is 5.96. The Morgan fingerprint density at radius 3 is 2.85 bits per heavy atom. The van der Waals surface area contributed by atoms with Crippen LogP contribution in [-0.4, -0.2) is 58.6 Å². The smallest absolute Gasteiger partial charge is 0.146 e. The molecule has 4 nitrogen and oxygen atoms in total. The van der Waals surface area contributed by atoms with Gasteiger partial charge < -0.3 is 5.11 Å². The maximum Gasteiger partial charge on any atom is 0.146 e. The van der Waals surface area contributed by atoms with Crippen molar-refractivity contribution in [1.82, 2.24) is 9.80 Å². The van der Waals surface area contributed by atoms with E-state index in [2.05, 4.69) is 9.80 Å². The molecule has 0 aromatic rings. The molecule has 0 aliphatic carbocycles. The van der Waals surface area contributed by atoms with Crippen LogP contribution in [0.25, 0.3) is 0 Å². The summed E-state index contributed by atoms with van der Waals surface area (Å²) in [6.07, 6.45) is 6.38. The summed E-state index contributed by atoms with van der Waals surface area (Å²) in [5.74, 6) is 1.45. The number of carbonyl (C=O) groups is 1. The monoisotopic (exact) mass is 300 g/mol. The van der Waals surface area contributed by atoms with Gasteiger partial charge in [-0.15, -0.1) is 12.4 Å². The lowest BCUT2D eigenvalue weighted by Gasteiger charge is -2.58. The van der Waals surface area contributed by atoms with Crippen LogP contribution in [0.5, 0.6) is 0 Å². The molecule has 4 heterocycles. The summed E-state index contributed by atoms with van der Waals surface area (Å²) >= 11 is 0. The average molecular weight is 301 g/mol. The van der Waals surface area contributed by atoms with Crippen molar-refractivity contribution in [1.29, 1.82) is 0 Å². The summed E-state index contributed by atoms with van der Waals surface area (Å²) < 4.78 is 0. The van der Waals surface area contributed by atoms with Crippen LogP contribution in [0.3, 0.4) is 0 Å². The SMILES string of the molecule is Cl.O=C1CCC2C3CC(CN2C1)C1CCCCN1C3O. The summed E-state index contributed by atoms with van der Waals surface area (Å²) in [5.41, 5.74) is 0. The number of hydrogen-bond acceptors (Lipinski definition) is 4. The molecule has 0 saturated carbocycles. The second kappa shape index (κ2) is 5.56. The van der Waals surface area contributed by atoms with Gasteiger partial charge >= 0.3 is 0 Å². The van der Waals surface area contributed by atoms with Crippen LogP contribution in [0.15, 0.2) is 0 Å². The molecule has 4 aliphatic rings. The van der Waals surface area contributed by atoms with Crippen LogP contribution in [0, 0.1) is 11.8 Å². The maximum atomic E-state index is 11.7. The van der Waals surface area contributed by atoms with Crippen molar-refractivity contribution in [3.8, 4) is 0 Å². The number of piperidine rings is 4. The number of nitrogens with zero attached hydrogens (tertiary/aromatic N) is 2. The third-order valence-electron chi connectivity index (χ3n) is 5.96. The van der Waals surface area contributed by atoms with Gasteiger partial charge in [0.15, 0.2) is 0 Å². The topological polar surface area (TPSA) is 43.8 Å². The molecule has 0 radical (unpaired) electrons. The Morgan fingerprint density at radius 1 is 1.15 bits per heavy atom. The van der Waals surface area contributed by atoms with Crippen molar-refractivity contribution in [3.05, 3.63) is 0 Å². The van der Waals surface area contributed by atoms with Crippen LogP contribution in [0.4, 0.5) is 0 Å². The first-order chi connectivity index (χ1) is 9.24. The van der Waals surface area contributed by atoms with Crippen LogP contribution in [0.2, 0.25) is 0 Å². The quantitative estimate of drug-likeness (QED) is 0.731. The first kappa shape index (κ1) is 14.8. The predicted molar refractivity (Wildman–Crippen MR) is 78.8 cm³/mol. The lowest BCUT2D eigenvalue weighted by Crippen LogP contribution is -2.67. The second-order valence-electron chi connectivity index (χ2n) is 6.95. The van der Waals surface area contributed by atoms with E-state index in [1.807, 2.05) is 0 Å². The zero-order valence-corrected chi connectivity index (χ0v) is 12.7. The summed E-state index contributed by atoms with van der Waals surface area (Å²) in [7, 11) is 0. The minimum absolute atomic E-state index is 0. The van der Waals surface area contributed by atoms with Crippen LogP contribution in [0.1, 0.15) is 38.5 Å². The highest BCUT2D eigenvalue weighted by molar-refractivity contribution is 5.85. The maximum absolute atomic E-state index is 11.7. The standard InChI is InChI=1S/C15H24N2O2.ClH/c18-11-4-5-14-12-7-10(8-16(14)9-11)13-3-1-2-6-17(13)15(12)19;/h10,12-15,19H,1-9H2;1H. The molecule has 0 amide bonds. The van der Waals surface area contributed by atoms with Gasteiger partial charge in [0.25, 0.3) is 0 Å². The number of fused-ring (bicyclic) bond motifs is 6. The van der Waals surface area contributed by atoms with Gasteiger partial charge in [0.1, 0.15) is 12.0 Å². The lowest BCUT2D eigenvalue weighted by molar-refractivity contribution is -0.179. The minimum Gasteiger partial charge on any atom is -0.378 e. The zero-order chi connectivity index (χ0) is 13.0. The fourth-order valence-corrected chi connectivity index (χ4v) is 5.14. The number of carbonyl (C=O) groups excluding carboxylic acids is 1. The highest BCUT2D eigenvalue weighted by Crippen LogP contribution is 2.44. The molecule has 0 aromatic heterocycles. The van der Waals surface area contributed by atoms with Crippen molar-refractivity contribution in [2.45, 2.75) is 56.8 Å². The van der Waals surface area contributed by atoms with E-state index >= 15 is 0 Å². The van der Waals surface area contributed by atoms with Crippen LogP contribution >= 0.6 is 12.4 Å². The molecular weight excluding hydrogens is 276 g/mol. The van der Waals surface area contributed by atoms with Gasteiger partial charge in [-0.1, -0.05) is 6.42 Å². The van der Waals surface area contributed by atoms with E-state index in [9.17, 15) is 9.90 Å². The van der Waals surface area contributed by atoms with Crippen molar-refractivity contribution >= 4 is 18.2 Å². The molecule has 4 fully saturated rings. The van der Waals surface area contributed by atoms with Gasteiger partial charge in [-0.25, -0.2) is 0 Å². The number of rotatable bonds is 0. The normalized spacial score (nSPS) is 45.2. The Kier molecular flexibility index (Phi) is 4.10. The Morgan fingerprint density at radius 2 is 2.00 bits per heavy atom. The van der Waals surface area contributed by atoms with E-state index in [0.29, 0.717) is 36.2 Å². The molecule has 0 aromatic carbocycles. The van der Waals surface area contributed by atoms with Gasteiger partial charge in [0, 0.05) is 37.5 Å². The highest BCUT2D eigenvalue weighted by Gasteiger charge is 2.51. The Hall–Kier alpha value is -0.160. The van der Waals surface area contributed by atoms with E-state index in [0.717, 1.165) is 25.9 Å². The first-order valence-electron chi connectivity index (χ1n) is 7.93. The van der Waals surface area contributed by atoms with Crippen molar-refractivity contribution in [3.63, 3.8) is 0 Å². The van der Waals surface area contributed by atoms with Gasteiger partial charge in [-0.3, -0.25) is 14.6 Å². The summed E-state index contributed by atoms with van der Waals surface area (Å²) in [6, 6.07) is 1.02. The summed E-state index contributed by atoms with van der Waals surface area (Å²) in [4.78, 5) is 16.5. The lowest BCUT2D eigenvalue weighted by atomic mass is 9.70. The van der Waals surface area contributed by atoms with Gasteiger partial charge in [-0.2, -0.15) is 0 Å². The molecule has 4 saturated heterocycles. The fourth-order valence-electron chi connectivity index (χ4n) is 5.14. The Bertz CT molecular complexity index is 392.